The topological polar surface area (TPSA) is 57.4 Å². The smallest absolute Gasteiger partial charge is 0.147 e. The predicted molar refractivity (Wildman–Crippen MR) is 71.3 cm³/mol. The molecule has 0 aliphatic heterocycles. The Morgan fingerprint density at radius 1 is 1.22 bits per heavy atom. The van der Waals surface area contributed by atoms with Gasteiger partial charge in [-0.3, -0.25) is 4.98 Å². The molecule has 1 aromatic heterocycles. The molecule has 0 spiro atoms. The molecule has 0 radical (unpaired) electrons. The van der Waals surface area contributed by atoms with Crippen molar-refractivity contribution >= 4 is 17.3 Å². The second kappa shape index (κ2) is 5.60. The molecule has 2 N–H and O–H groups in total. The largest absolute Gasteiger partial charge is 0.492 e. The third kappa shape index (κ3) is 3.05. The van der Waals surface area contributed by atoms with Gasteiger partial charge in [-0.1, -0.05) is 11.6 Å². The van der Waals surface area contributed by atoms with E-state index < -0.39 is 0 Å². The normalized spacial score (nSPS) is 10.1. The average Bonchev–Trinajstić information content (AvgIpc) is 2.34. The second-order valence-corrected chi connectivity index (χ2v) is 4.01. The number of aromatic nitrogens is 1. The molecule has 0 aliphatic carbocycles. The van der Waals surface area contributed by atoms with Crippen molar-refractivity contribution in [2.45, 2.75) is 6.92 Å². The van der Waals surface area contributed by atoms with Crippen molar-refractivity contribution in [3.05, 3.63) is 41.7 Å². The number of rotatable bonds is 4. The minimum absolute atomic E-state index is 0.521. The Bertz CT molecular complexity index is 546. The van der Waals surface area contributed by atoms with E-state index in [1.54, 1.807) is 36.7 Å². The lowest BCUT2D eigenvalue weighted by atomic mass is 10.3. The van der Waals surface area contributed by atoms with Gasteiger partial charge in [0, 0.05) is 18.3 Å². The van der Waals surface area contributed by atoms with Crippen LogP contribution in [0.15, 0.2) is 36.7 Å². The molecule has 0 saturated carbocycles. The Labute approximate surface area is 110 Å². The van der Waals surface area contributed by atoms with Crippen LogP contribution in [-0.4, -0.2) is 11.6 Å². The summed E-state index contributed by atoms with van der Waals surface area (Å²) in [6.07, 6.45) is 3.13. The highest BCUT2D eigenvalue weighted by Crippen LogP contribution is 2.30. The van der Waals surface area contributed by atoms with Gasteiger partial charge in [0.25, 0.3) is 0 Å². The van der Waals surface area contributed by atoms with Crippen molar-refractivity contribution in [3.8, 4) is 17.2 Å². The van der Waals surface area contributed by atoms with Gasteiger partial charge in [-0.15, -0.1) is 0 Å². The first kappa shape index (κ1) is 12.5. The maximum Gasteiger partial charge on any atom is 0.147 e. The molecule has 1 aromatic carbocycles. The van der Waals surface area contributed by atoms with Gasteiger partial charge in [0.15, 0.2) is 0 Å². The van der Waals surface area contributed by atoms with Crippen molar-refractivity contribution in [1.82, 2.24) is 4.98 Å². The molecule has 18 heavy (non-hydrogen) atoms. The van der Waals surface area contributed by atoms with Crippen molar-refractivity contribution in [2.24, 2.45) is 0 Å². The third-order valence-corrected chi connectivity index (χ3v) is 2.41. The highest BCUT2D eigenvalue weighted by Gasteiger charge is 2.04. The minimum atomic E-state index is 0.521. The van der Waals surface area contributed by atoms with Crippen LogP contribution in [0.4, 0.5) is 5.69 Å². The number of nitrogens with two attached hydrogens (primary N) is 1. The van der Waals surface area contributed by atoms with E-state index in [2.05, 4.69) is 4.98 Å². The number of anilines is 1. The molecule has 0 atom stereocenters. The lowest BCUT2D eigenvalue weighted by Gasteiger charge is -2.10. The number of hydrogen-bond donors (Lipinski definition) is 1. The van der Waals surface area contributed by atoms with Gasteiger partial charge < -0.3 is 15.2 Å². The summed E-state index contributed by atoms with van der Waals surface area (Å²) < 4.78 is 11.0. The number of nitrogen functional groups attached to an aromatic ring is 1. The Morgan fingerprint density at radius 3 is 2.78 bits per heavy atom. The van der Waals surface area contributed by atoms with Gasteiger partial charge in [-0.25, -0.2) is 0 Å². The highest BCUT2D eigenvalue weighted by atomic mass is 35.5. The van der Waals surface area contributed by atoms with E-state index in [-0.39, 0.29) is 0 Å². The fourth-order valence-electron chi connectivity index (χ4n) is 1.44. The predicted octanol–water partition coefficient (Wildman–Crippen LogP) is 3.51. The van der Waals surface area contributed by atoms with Crippen LogP contribution in [0.2, 0.25) is 5.02 Å². The van der Waals surface area contributed by atoms with Gasteiger partial charge in [0.05, 0.1) is 23.5 Å². The minimum Gasteiger partial charge on any atom is -0.492 e. The number of halogens is 1. The quantitative estimate of drug-likeness (QED) is 0.859. The molecule has 0 amide bonds. The number of hydrogen-bond acceptors (Lipinski definition) is 4. The molecule has 5 heteroatoms. The summed E-state index contributed by atoms with van der Waals surface area (Å²) in [6, 6.07) is 6.92. The van der Waals surface area contributed by atoms with Gasteiger partial charge in [-0.2, -0.15) is 0 Å². The average molecular weight is 265 g/mol. The van der Waals surface area contributed by atoms with E-state index in [4.69, 9.17) is 26.8 Å². The van der Waals surface area contributed by atoms with Crippen molar-refractivity contribution in [3.63, 3.8) is 0 Å². The van der Waals surface area contributed by atoms with Crippen LogP contribution in [0, 0.1) is 0 Å². The summed E-state index contributed by atoms with van der Waals surface area (Å²) in [5.74, 6) is 1.79. The molecular formula is C13H13ClN2O2. The van der Waals surface area contributed by atoms with E-state index in [0.717, 1.165) is 0 Å². The number of nitrogens with zero attached hydrogens (tertiary/aromatic N) is 1. The molecule has 0 fully saturated rings. The summed E-state index contributed by atoms with van der Waals surface area (Å²) in [5.41, 5.74) is 6.36. The summed E-state index contributed by atoms with van der Waals surface area (Å²) in [6.45, 7) is 2.44. The molecule has 0 saturated heterocycles. The Balaban J connectivity index is 2.21. The van der Waals surface area contributed by atoms with Crippen LogP contribution in [-0.2, 0) is 0 Å². The van der Waals surface area contributed by atoms with Crippen LogP contribution >= 0.6 is 11.6 Å². The van der Waals surface area contributed by atoms with Crippen LogP contribution < -0.4 is 15.2 Å². The Kier molecular flexibility index (Phi) is 3.89. The number of ether oxygens (including phenoxy) is 2. The Hall–Kier alpha value is -1.94. The first-order chi connectivity index (χ1) is 8.69. The number of benzene rings is 1. The van der Waals surface area contributed by atoms with Crippen LogP contribution in [0.3, 0.4) is 0 Å². The van der Waals surface area contributed by atoms with Gasteiger partial charge >= 0.3 is 0 Å². The maximum absolute atomic E-state index is 5.83. The van der Waals surface area contributed by atoms with Crippen LogP contribution in [0.1, 0.15) is 6.92 Å². The summed E-state index contributed by atoms with van der Waals surface area (Å²) >= 11 is 5.83. The zero-order valence-electron chi connectivity index (χ0n) is 9.89. The molecule has 4 nitrogen and oxygen atoms in total. The first-order valence-corrected chi connectivity index (χ1v) is 5.87. The first-order valence-electron chi connectivity index (χ1n) is 5.49. The van der Waals surface area contributed by atoms with Crippen molar-refractivity contribution in [1.29, 1.82) is 0 Å². The molecule has 2 aromatic rings. The molecular weight excluding hydrogens is 252 g/mol. The summed E-state index contributed by atoms with van der Waals surface area (Å²) in [4.78, 5) is 3.94. The molecule has 0 bridgehead atoms. The zero-order chi connectivity index (χ0) is 13.0. The van der Waals surface area contributed by atoms with E-state index in [9.17, 15) is 0 Å². The van der Waals surface area contributed by atoms with Crippen LogP contribution in [0.5, 0.6) is 17.2 Å². The third-order valence-electron chi connectivity index (χ3n) is 2.20. The van der Waals surface area contributed by atoms with E-state index in [0.29, 0.717) is 34.6 Å². The van der Waals surface area contributed by atoms with E-state index in [1.807, 2.05) is 6.92 Å². The van der Waals surface area contributed by atoms with Gasteiger partial charge in [0.1, 0.15) is 17.2 Å². The lowest BCUT2D eigenvalue weighted by Crippen LogP contribution is -1.97. The maximum atomic E-state index is 5.83. The standard InChI is InChI=1S/C13H13ClN2O2/c1-2-17-13-6-10(3-4-12(13)15)18-11-5-9(14)7-16-8-11/h3-8H,2,15H2,1H3. The zero-order valence-corrected chi connectivity index (χ0v) is 10.6. The van der Waals surface area contributed by atoms with Crippen molar-refractivity contribution in [2.75, 3.05) is 12.3 Å². The lowest BCUT2D eigenvalue weighted by molar-refractivity contribution is 0.340. The molecule has 0 aliphatic rings. The molecule has 94 valence electrons. The van der Waals surface area contributed by atoms with E-state index >= 15 is 0 Å². The van der Waals surface area contributed by atoms with E-state index in [1.165, 1.54) is 0 Å². The van der Waals surface area contributed by atoms with Gasteiger partial charge in [-0.05, 0) is 19.1 Å². The number of pyridine rings is 1. The fraction of sp³-hybridized carbons (Fsp3) is 0.154. The molecule has 2 rings (SSSR count). The SMILES string of the molecule is CCOc1cc(Oc2cncc(Cl)c2)ccc1N. The highest BCUT2D eigenvalue weighted by molar-refractivity contribution is 6.30. The Morgan fingerprint density at radius 2 is 2.06 bits per heavy atom. The summed E-state index contributed by atoms with van der Waals surface area (Å²) in [7, 11) is 0. The molecule has 0 unspecified atom stereocenters. The summed E-state index contributed by atoms with van der Waals surface area (Å²) in [5, 5.41) is 0.521. The van der Waals surface area contributed by atoms with Crippen molar-refractivity contribution < 1.29 is 9.47 Å². The van der Waals surface area contributed by atoms with Gasteiger partial charge in [0.2, 0.25) is 0 Å². The fourth-order valence-corrected chi connectivity index (χ4v) is 1.61. The monoisotopic (exact) mass is 264 g/mol. The van der Waals surface area contributed by atoms with Crippen LogP contribution in [0.25, 0.3) is 0 Å². The second-order valence-electron chi connectivity index (χ2n) is 3.57. The molecule has 1 heterocycles.